The van der Waals surface area contributed by atoms with Gasteiger partial charge in [0.2, 0.25) is 0 Å². The summed E-state index contributed by atoms with van der Waals surface area (Å²) in [5, 5.41) is 0. The van der Waals surface area contributed by atoms with Gasteiger partial charge in [0.05, 0.1) is 5.88 Å². The third kappa shape index (κ3) is 2.75. The number of hydrogen-bond donors (Lipinski definition) is 0. The Balaban J connectivity index is 1.82. The van der Waals surface area contributed by atoms with E-state index in [1.165, 1.54) is 6.08 Å². The lowest BCUT2D eigenvalue weighted by Crippen LogP contribution is -2.67. The quantitative estimate of drug-likeness (QED) is 0.454. The number of carbonyl (C=O) groups is 4. The van der Waals surface area contributed by atoms with E-state index in [1.807, 2.05) is 13.8 Å². The summed E-state index contributed by atoms with van der Waals surface area (Å²) in [4.78, 5) is 50.0. The second-order valence-corrected chi connectivity index (χ2v) is 10.7. The Morgan fingerprint density at radius 3 is 2.55 bits per heavy atom. The van der Waals surface area contributed by atoms with E-state index in [-0.39, 0.29) is 47.9 Å². The van der Waals surface area contributed by atoms with Crippen LogP contribution in [0.15, 0.2) is 23.8 Å². The highest BCUT2D eigenvalue weighted by molar-refractivity contribution is 6.37. The molecule has 0 unspecified atom stereocenters. The molecule has 0 amide bonds. The zero-order valence-electron chi connectivity index (χ0n) is 18.1. The van der Waals surface area contributed by atoms with E-state index in [4.69, 9.17) is 27.9 Å². The van der Waals surface area contributed by atoms with Gasteiger partial charge in [0.25, 0.3) is 0 Å². The monoisotopic (exact) mass is 466 g/mol. The largest absolute Gasteiger partial charge is 0.450 e. The first kappa shape index (κ1) is 22.7. The van der Waals surface area contributed by atoms with Gasteiger partial charge in [0.1, 0.15) is 4.87 Å². The van der Waals surface area contributed by atoms with Crippen molar-refractivity contribution in [3.8, 4) is 0 Å². The molecule has 0 aromatic heterocycles. The van der Waals surface area contributed by atoms with Gasteiger partial charge >= 0.3 is 5.97 Å². The molecule has 4 aliphatic carbocycles. The van der Waals surface area contributed by atoms with E-state index in [9.17, 15) is 19.2 Å². The van der Waals surface area contributed by atoms with Gasteiger partial charge in [-0.2, -0.15) is 0 Å². The van der Waals surface area contributed by atoms with Crippen molar-refractivity contribution in [2.24, 2.45) is 22.7 Å². The number of esters is 1. The minimum absolute atomic E-state index is 0.0297. The predicted octanol–water partition coefficient (Wildman–Crippen LogP) is 4.33. The van der Waals surface area contributed by atoms with Gasteiger partial charge in [0.15, 0.2) is 23.0 Å². The van der Waals surface area contributed by atoms with Crippen molar-refractivity contribution in [1.82, 2.24) is 0 Å². The molecule has 6 atom stereocenters. The standard InChI is InChI=1S/C24H28Cl2O5/c1-4-20(30)31-23(19(29)13-25)10-8-16-17-6-5-14-11-15(27)7-9-21(14,2)24(17,26)18(28)12-22(16,23)3/h7,9,11,16-17H,4-6,8,10,12-13H2,1-3H3/t16-,17-,21-,22-,23-,24-/m0/s1. The molecule has 3 saturated carbocycles. The molecule has 168 valence electrons. The molecule has 4 aliphatic rings. The number of fused-ring (bicyclic) bond motifs is 5. The van der Waals surface area contributed by atoms with Crippen molar-refractivity contribution in [3.63, 3.8) is 0 Å². The molecule has 3 fully saturated rings. The Labute approximate surface area is 192 Å². The summed E-state index contributed by atoms with van der Waals surface area (Å²) in [5.41, 5.74) is -2.14. The fraction of sp³-hybridized carbons (Fsp3) is 0.667. The topological polar surface area (TPSA) is 77.5 Å². The minimum Gasteiger partial charge on any atom is -0.450 e. The second kappa shape index (κ2) is 7.28. The fourth-order valence-corrected chi connectivity index (χ4v) is 7.71. The number of allylic oxidation sites excluding steroid dienone is 4. The van der Waals surface area contributed by atoms with Crippen LogP contribution >= 0.6 is 23.2 Å². The summed E-state index contributed by atoms with van der Waals surface area (Å²) in [6, 6.07) is 0. The van der Waals surface area contributed by atoms with Crippen LogP contribution < -0.4 is 0 Å². The number of Topliss-reactive ketones (excluding diaryl/α,β-unsaturated/α-hetero) is 2. The molecule has 31 heavy (non-hydrogen) atoms. The van der Waals surface area contributed by atoms with Crippen LogP contribution in [-0.4, -0.2) is 39.7 Å². The van der Waals surface area contributed by atoms with Crippen LogP contribution in [0.1, 0.15) is 59.3 Å². The Morgan fingerprint density at radius 1 is 1.19 bits per heavy atom. The SMILES string of the molecule is CCC(=O)O[C@]1(C(=O)CCl)CC[C@H]2[C@@H]3CCC4=CC(=O)C=C[C@]4(C)[C@@]3(Cl)C(=O)C[C@@]21C. The van der Waals surface area contributed by atoms with E-state index in [0.717, 1.165) is 5.57 Å². The highest BCUT2D eigenvalue weighted by atomic mass is 35.5. The molecule has 5 nitrogen and oxygen atoms in total. The molecular formula is C24H28Cl2O5. The summed E-state index contributed by atoms with van der Waals surface area (Å²) in [5.74, 6) is -1.62. The maximum Gasteiger partial charge on any atom is 0.306 e. The predicted molar refractivity (Wildman–Crippen MR) is 117 cm³/mol. The zero-order valence-corrected chi connectivity index (χ0v) is 19.6. The van der Waals surface area contributed by atoms with Crippen LogP contribution in [0.25, 0.3) is 0 Å². The molecule has 4 rings (SSSR count). The summed E-state index contributed by atoms with van der Waals surface area (Å²) in [6.45, 7) is 5.50. The second-order valence-electron chi connectivity index (χ2n) is 9.84. The smallest absolute Gasteiger partial charge is 0.306 e. The number of carbonyl (C=O) groups excluding carboxylic acids is 4. The molecule has 0 aromatic carbocycles. The van der Waals surface area contributed by atoms with Gasteiger partial charge in [-0.25, -0.2) is 0 Å². The first-order chi connectivity index (χ1) is 14.5. The highest BCUT2D eigenvalue weighted by Gasteiger charge is 2.74. The first-order valence-electron chi connectivity index (χ1n) is 11.0. The van der Waals surface area contributed by atoms with E-state index in [2.05, 4.69) is 0 Å². The van der Waals surface area contributed by atoms with Crippen LogP contribution in [-0.2, 0) is 23.9 Å². The molecule has 0 spiro atoms. The minimum atomic E-state index is -1.41. The normalized spacial score (nSPS) is 43.6. The molecule has 0 saturated heterocycles. The third-order valence-electron chi connectivity index (χ3n) is 8.67. The van der Waals surface area contributed by atoms with Crippen molar-refractivity contribution in [3.05, 3.63) is 23.8 Å². The lowest BCUT2D eigenvalue weighted by molar-refractivity contribution is -0.187. The summed E-state index contributed by atoms with van der Waals surface area (Å²) < 4.78 is 5.84. The van der Waals surface area contributed by atoms with Crippen molar-refractivity contribution in [1.29, 1.82) is 0 Å². The Bertz CT molecular complexity index is 938. The molecule has 0 aliphatic heterocycles. The van der Waals surface area contributed by atoms with Gasteiger partial charge in [-0.3, -0.25) is 19.2 Å². The Morgan fingerprint density at radius 2 is 1.90 bits per heavy atom. The van der Waals surface area contributed by atoms with Gasteiger partial charge in [0, 0.05) is 23.7 Å². The average molecular weight is 467 g/mol. The fourth-order valence-electron chi connectivity index (χ4n) is 6.98. The van der Waals surface area contributed by atoms with Crippen LogP contribution in [0.2, 0.25) is 0 Å². The van der Waals surface area contributed by atoms with Crippen LogP contribution in [0.4, 0.5) is 0 Å². The number of halogens is 2. The lowest BCUT2D eigenvalue weighted by Gasteiger charge is -2.61. The highest BCUT2D eigenvalue weighted by Crippen LogP contribution is 2.70. The molecule has 0 bridgehead atoms. The van der Waals surface area contributed by atoms with Gasteiger partial charge in [-0.05, 0) is 49.7 Å². The van der Waals surface area contributed by atoms with E-state index in [1.54, 1.807) is 19.1 Å². The molecule has 0 aromatic rings. The number of hydrogen-bond acceptors (Lipinski definition) is 5. The molecule has 0 heterocycles. The number of rotatable bonds is 4. The number of ether oxygens (including phenoxy) is 1. The van der Waals surface area contributed by atoms with E-state index >= 15 is 0 Å². The molecular weight excluding hydrogens is 439 g/mol. The Hall–Kier alpha value is -1.46. The zero-order chi connectivity index (χ0) is 22.8. The van der Waals surface area contributed by atoms with Crippen molar-refractivity contribution in [2.45, 2.75) is 69.8 Å². The Kier molecular flexibility index (Phi) is 5.33. The van der Waals surface area contributed by atoms with Crippen molar-refractivity contribution < 1.29 is 23.9 Å². The molecule has 0 radical (unpaired) electrons. The number of alkyl halides is 2. The first-order valence-corrected chi connectivity index (χ1v) is 11.9. The molecule has 0 N–H and O–H groups in total. The van der Waals surface area contributed by atoms with E-state index in [0.29, 0.717) is 25.7 Å². The average Bonchev–Trinajstić information content (AvgIpc) is 3.01. The van der Waals surface area contributed by atoms with Gasteiger partial charge in [-0.15, -0.1) is 23.2 Å². The summed E-state index contributed by atoms with van der Waals surface area (Å²) >= 11 is 13.3. The van der Waals surface area contributed by atoms with Crippen LogP contribution in [0.5, 0.6) is 0 Å². The van der Waals surface area contributed by atoms with Gasteiger partial charge in [-0.1, -0.05) is 32.4 Å². The van der Waals surface area contributed by atoms with Crippen molar-refractivity contribution >= 4 is 46.5 Å². The molecule has 7 heteroatoms. The lowest BCUT2D eigenvalue weighted by atomic mass is 9.46. The van der Waals surface area contributed by atoms with Gasteiger partial charge < -0.3 is 4.74 Å². The summed E-state index contributed by atoms with van der Waals surface area (Å²) in [6.07, 6.45) is 7.34. The number of ketones is 3. The van der Waals surface area contributed by atoms with Crippen molar-refractivity contribution in [2.75, 3.05) is 5.88 Å². The maximum absolute atomic E-state index is 13.8. The van der Waals surface area contributed by atoms with Crippen LogP contribution in [0, 0.1) is 22.7 Å². The summed E-state index contributed by atoms with van der Waals surface area (Å²) in [7, 11) is 0. The maximum atomic E-state index is 13.8. The van der Waals surface area contributed by atoms with Crippen LogP contribution in [0.3, 0.4) is 0 Å². The van der Waals surface area contributed by atoms with E-state index < -0.39 is 27.3 Å². The third-order valence-corrected chi connectivity index (χ3v) is 9.80.